The SMILES string of the molecule is CCCOc1cccc(Oc2cc(C)nn2C)c1N. The van der Waals surface area contributed by atoms with E-state index in [4.69, 9.17) is 15.2 Å². The lowest BCUT2D eigenvalue weighted by Crippen LogP contribution is -2.02. The minimum Gasteiger partial charge on any atom is -0.491 e. The van der Waals surface area contributed by atoms with E-state index in [2.05, 4.69) is 12.0 Å². The van der Waals surface area contributed by atoms with E-state index in [1.54, 1.807) is 4.68 Å². The molecule has 19 heavy (non-hydrogen) atoms. The first-order chi connectivity index (χ1) is 9.11. The second kappa shape index (κ2) is 5.65. The van der Waals surface area contributed by atoms with Gasteiger partial charge in [0, 0.05) is 13.1 Å². The van der Waals surface area contributed by atoms with Gasteiger partial charge in [-0.3, -0.25) is 0 Å². The Bertz CT molecular complexity index is 564. The number of rotatable bonds is 5. The summed E-state index contributed by atoms with van der Waals surface area (Å²) in [6, 6.07) is 7.38. The van der Waals surface area contributed by atoms with Gasteiger partial charge < -0.3 is 15.2 Å². The maximum atomic E-state index is 6.05. The van der Waals surface area contributed by atoms with Gasteiger partial charge in [0.05, 0.1) is 12.3 Å². The smallest absolute Gasteiger partial charge is 0.217 e. The zero-order valence-corrected chi connectivity index (χ0v) is 11.5. The topological polar surface area (TPSA) is 62.3 Å². The molecule has 0 aliphatic carbocycles. The van der Waals surface area contributed by atoms with Crippen molar-refractivity contribution >= 4 is 5.69 Å². The molecule has 0 fully saturated rings. The molecule has 0 spiro atoms. The summed E-state index contributed by atoms with van der Waals surface area (Å²) < 4.78 is 13.0. The zero-order valence-electron chi connectivity index (χ0n) is 11.5. The van der Waals surface area contributed by atoms with Crippen LogP contribution in [0.25, 0.3) is 0 Å². The number of hydrogen-bond acceptors (Lipinski definition) is 4. The van der Waals surface area contributed by atoms with E-state index in [0.717, 1.165) is 12.1 Å². The van der Waals surface area contributed by atoms with Crippen LogP contribution in [0, 0.1) is 6.92 Å². The molecule has 1 heterocycles. The minimum absolute atomic E-state index is 0.509. The van der Waals surface area contributed by atoms with Crippen LogP contribution in [-0.2, 0) is 7.05 Å². The van der Waals surface area contributed by atoms with Crippen molar-refractivity contribution in [3.8, 4) is 17.4 Å². The fourth-order valence-corrected chi connectivity index (χ4v) is 1.75. The van der Waals surface area contributed by atoms with Crippen LogP contribution in [0.1, 0.15) is 19.0 Å². The highest BCUT2D eigenvalue weighted by Crippen LogP contribution is 2.34. The Morgan fingerprint density at radius 3 is 2.68 bits per heavy atom. The van der Waals surface area contributed by atoms with Crippen molar-refractivity contribution in [1.82, 2.24) is 9.78 Å². The molecule has 5 heteroatoms. The van der Waals surface area contributed by atoms with Gasteiger partial charge in [0.25, 0.3) is 0 Å². The lowest BCUT2D eigenvalue weighted by Gasteiger charge is -2.12. The van der Waals surface area contributed by atoms with Crippen molar-refractivity contribution in [1.29, 1.82) is 0 Å². The Morgan fingerprint density at radius 2 is 2.05 bits per heavy atom. The molecule has 5 nitrogen and oxygen atoms in total. The Morgan fingerprint density at radius 1 is 1.32 bits per heavy atom. The standard InChI is InChI=1S/C14H19N3O2/c1-4-8-18-11-6-5-7-12(14(11)15)19-13-9-10(2)16-17(13)3/h5-7,9H,4,8,15H2,1-3H3. The molecule has 2 rings (SSSR count). The summed E-state index contributed by atoms with van der Waals surface area (Å²) in [7, 11) is 1.83. The maximum Gasteiger partial charge on any atom is 0.217 e. The largest absolute Gasteiger partial charge is 0.491 e. The van der Waals surface area contributed by atoms with Gasteiger partial charge in [-0.25, -0.2) is 4.68 Å². The number of para-hydroxylation sites is 1. The molecule has 2 aromatic rings. The van der Waals surface area contributed by atoms with Gasteiger partial charge in [0.1, 0.15) is 11.4 Å². The Kier molecular flexibility index (Phi) is 3.94. The van der Waals surface area contributed by atoms with Crippen molar-refractivity contribution in [3.63, 3.8) is 0 Å². The normalized spacial score (nSPS) is 10.5. The molecule has 0 radical (unpaired) electrons. The number of aryl methyl sites for hydroxylation is 2. The molecule has 0 saturated carbocycles. The summed E-state index contributed by atoms with van der Waals surface area (Å²) in [4.78, 5) is 0. The molecule has 0 amide bonds. The van der Waals surface area contributed by atoms with Crippen LogP contribution in [0.5, 0.6) is 17.4 Å². The Labute approximate surface area is 112 Å². The highest BCUT2D eigenvalue weighted by atomic mass is 16.5. The summed E-state index contributed by atoms with van der Waals surface area (Å²) in [6.45, 7) is 4.60. The molecule has 0 aliphatic rings. The fraction of sp³-hybridized carbons (Fsp3) is 0.357. The van der Waals surface area contributed by atoms with Gasteiger partial charge in [0.2, 0.25) is 5.88 Å². The van der Waals surface area contributed by atoms with Crippen LogP contribution < -0.4 is 15.2 Å². The Hall–Kier alpha value is -2.17. The van der Waals surface area contributed by atoms with E-state index in [9.17, 15) is 0 Å². The van der Waals surface area contributed by atoms with E-state index >= 15 is 0 Å². The van der Waals surface area contributed by atoms with Crippen molar-refractivity contribution < 1.29 is 9.47 Å². The number of aromatic nitrogens is 2. The van der Waals surface area contributed by atoms with Crippen LogP contribution in [0.15, 0.2) is 24.3 Å². The summed E-state index contributed by atoms with van der Waals surface area (Å²) in [5, 5.41) is 4.23. The number of nitrogens with two attached hydrogens (primary N) is 1. The van der Waals surface area contributed by atoms with E-state index in [1.807, 2.05) is 38.2 Å². The van der Waals surface area contributed by atoms with Crippen molar-refractivity contribution in [3.05, 3.63) is 30.0 Å². The third kappa shape index (κ3) is 2.99. The first-order valence-corrected chi connectivity index (χ1v) is 6.31. The van der Waals surface area contributed by atoms with Crippen molar-refractivity contribution in [2.24, 2.45) is 7.05 Å². The molecule has 1 aromatic carbocycles. The second-order valence-corrected chi connectivity index (χ2v) is 4.37. The van der Waals surface area contributed by atoms with Gasteiger partial charge in [0.15, 0.2) is 5.75 Å². The van der Waals surface area contributed by atoms with Crippen molar-refractivity contribution in [2.75, 3.05) is 12.3 Å². The number of nitrogen functional groups attached to an aromatic ring is 1. The summed E-state index contributed by atoms with van der Waals surface area (Å²) in [6.07, 6.45) is 0.936. The third-order valence-electron chi connectivity index (χ3n) is 2.66. The second-order valence-electron chi connectivity index (χ2n) is 4.37. The third-order valence-corrected chi connectivity index (χ3v) is 2.66. The van der Waals surface area contributed by atoms with E-state index in [-0.39, 0.29) is 0 Å². The first-order valence-electron chi connectivity index (χ1n) is 6.31. The number of nitrogens with zero attached hydrogens (tertiary/aromatic N) is 2. The number of anilines is 1. The summed E-state index contributed by atoms with van der Waals surface area (Å²) in [5.41, 5.74) is 7.46. The lowest BCUT2D eigenvalue weighted by atomic mass is 10.2. The molecule has 0 atom stereocenters. The average Bonchev–Trinajstić information content (AvgIpc) is 2.69. The number of benzene rings is 1. The predicted molar refractivity (Wildman–Crippen MR) is 74.7 cm³/mol. The molecular weight excluding hydrogens is 242 g/mol. The molecular formula is C14H19N3O2. The summed E-state index contributed by atoms with van der Waals surface area (Å²) in [5.74, 6) is 1.88. The highest BCUT2D eigenvalue weighted by molar-refractivity contribution is 5.63. The Balaban J connectivity index is 2.23. The first kappa shape index (κ1) is 13.3. The quantitative estimate of drug-likeness (QED) is 0.841. The molecule has 102 valence electrons. The molecule has 0 saturated heterocycles. The van der Waals surface area contributed by atoms with Crippen LogP contribution in [0.2, 0.25) is 0 Å². The zero-order chi connectivity index (χ0) is 13.8. The molecule has 0 unspecified atom stereocenters. The van der Waals surface area contributed by atoms with E-state index in [0.29, 0.717) is 29.7 Å². The lowest BCUT2D eigenvalue weighted by molar-refractivity contribution is 0.317. The average molecular weight is 261 g/mol. The maximum absolute atomic E-state index is 6.05. The van der Waals surface area contributed by atoms with Gasteiger partial charge in [-0.1, -0.05) is 13.0 Å². The van der Waals surface area contributed by atoms with Gasteiger partial charge in [-0.05, 0) is 25.5 Å². The van der Waals surface area contributed by atoms with E-state index in [1.165, 1.54) is 0 Å². The molecule has 1 aromatic heterocycles. The molecule has 0 aliphatic heterocycles. The summed E-state index contributed by atoms with van der Waals surface area (Å²) >= 11 is 0. The fourth-order valence-electron chi connectivity index (χ4n) is 1.75. The van der Waals surface area contributed by atoms with Gasteiger partial charge >= 0.3 is 0 Å². The highest BCUT2D eigenvalue weighted by Gasteiger charge is 2.10. The van der Waals surface area contributed by atoms with Gasteiger partial charge in [-0.15, -0.1) is 0 Å². The van der Waals surface area contributed by atoms with Gasteiger partial charge in [-0.2, -0.15) is 5.10 Å². The number of hydrogen-bond donors (Lipinski definition) is 1. The van der Waals surface area contributed by atoms with Crippen LogP contribution in [0.3, 0.4) is 0 Å². The van der Waals surface area contributed by atoms with Crippen LogP contribution in [0.4, 0.5) is 5.69 Å². The van der Waals surface area contributed by atoms with Crippen LogP contribution >= 0.6 is 0 Å². The molecule has 0 bridgehead atoms. The van der Waals surface area contributed by atoms with E-state index < -0.39 is 0 Å². The monoisotopic (exact) mass is 261 g/mol. The van der Waals surface area contributed by atoms with Crippen LogP contribution in [-0.4, -0.2) is 16.4 Å². The molecule has 2 N–H and O–H groups in total. The minimum atomic E-state index is 0.509. The number of ether oxygens (including phenoxy) is 2. The predicted octanol–water partition coefficient (Wildman–Crippen LogP) is 2.89. The van der Waals surface area contributed by atoms with Crippen molar-refractivity contribution in [2.45, 2.75) is 20.3 Å².